The van der Waals surface area contributed by atoms with Crippen LogP contribution < -0.4 is 5.32 Å². The third-order valence-electron chi connectivity index (χ3n) is 3.29. The van der Waals surface area contributed by atoms with Gasteiger partial charge >= 0.3 is 0 Å². The van der Waals surface area contributed by atoms with E-state index in [1.54, 1.807) is 53.7 Å². The highest BCUT2D eigenvalue weighted by Gasteiger charge is 2.17. The maximum atomic E-state index is 12.5. The first kappa shape index (κ1) is 18.1. The highest BCUT2D eigenvalue weighted by atomic mass is 32.1. The van der Waals surface area contributed by atoms with Crippen LogP contribution in [0.2, 0.25) is 0 Å². The Kier molecular flexibility index (Phi) is 5.39. The van der Waals surface area contributed by atoms with Gasteiger partial charge in [0.2, 0.25) is 0 Å². The van der Waals surface area contributed by atoms with E-state index in [0.717, 1.165) is 9.88 Å². The van der Waals surface area contributed by atoms with Crippen molar-refractivity contribution in [3.8, 4) is 0 Å². The molecule has 1 N–H and O–H groups in total. The van der Waals surface area contributed by atoms with Gasteiger partial charge in [-0.1, -0.05) is 0 Å². The van der Waals surface area contributed by atoms with Gasteiger partial charge in [0.15, 0.2) is 0 Å². The molecule has 0 aliphatic rings. The Labute approximate surface area is 146 Å². The first-order chi connectivity index (χ1) is 11.2. The van der Waals surface area contributed by atoms with E-state index in [2.05, 4.69) is 10.3 Å². The molecule has 0 unspecified atom stereocenters. The summed E-state index contributed by atoms with van der Waals surface area (Å²) < 4.78 is 0. The molecule has 0 saturated heterocycles. The number of benzene rings is 1. The fourth-order valence-corrected chi connectivity index (χ4v) is 3.03. The molecule has 6 heteroatoms. The smallest absolute Gasteiger partial charge is 0.253 e. The van der Waals surface area contributed by atoms with Gasteiger partial charge in [0.1, 0.15) is 0 Å². The van der Waals surface area contributed by atoms with Crippen molar-refractivity contribution in [1.29, 1.82) is 0 Å². The van der Waals surface area contributed by atoms with Crippen LogP contribution in [-0.2, 0) is 6.54 Å². The number of carbonyl (C=O) groups excluding carboxylic acids is 2. The SMILES string of the molecule is Cc1ncc(CN(C)C(=O)c2ccc(C(=O)NC(C)(C)C)cc2)s1. The number of hydrogen-bond acceptors (Lipinski definition) is 4. The Bertz CT molecular complexity index is 729. The fourth-order valence-electron chi connectivity index (χ4n) is 2.18. The number of amides is 2. The Morgan fingerprint density at radius 1 is 1.17 bits per heavy atom. The molecule has 0 saturated carbocycles. The molecule has 0 atom stereocenters. The van der Waals surface area contributed by atoms with Crippen LogP contribution in [0.4, 0.5) is 0 Å². The number of aryl methyl sites for hydroxylation is 1. The number of aromatic nitrogens is 1. The van der Waals surface area contributed by atoms with Crippen molar-refractivity contribution in [1.82, 2.24) is 15.2 Å². The Morgan fingerprint density at radius 3 is 2.25 bits per heavy atom. The summed E-state index contributed by atoms with van der Waals surface area (Å²) in [5.74, 6) is -0.223. The third kappa shape index (κ3) is 4.89. The van der Waals surface area contributed by atoms with E-state index < -0.39 is 0 Å². The van der Waals surface area contributed by atoms with Crippen LogP contribution in [0.5, 0.6) is 0 Å². The van der Waals surface area contributed by atoms with E-state index in [1.807, 2.05) is 27.7 Å². The lowest BCUT2D eigenvalue weighted by Gasteiger charge is -2.20. The van der Waals surface area contributed by atoms with Gasteiger partial charge < -0.3 is 10.2 Å². The van der Waals surface area contributed by atoms with Gasteiger partial charge in [-0.15, -0.1) is 11.3 Å². The number of nitrogens with zero attached hydrogens (tertiary/aromatic N) is 2. The molecular formula is C18H23N3O2S. The van der Waals surface area contributed by atoms with Crippen LogP contribution in [0, 0.1) is 6.92 Å². The molecule has 0 aliphatic heterocycles. The van der Waals surface area contributed by atoms with Gasteiger partial charge in [0, 0.05) is 34.8 Å². The molecule has 128 valence electrons. The van der Waals surface area contributed by atoms with Crippen molar-refractivity contribution < 1.29 is 9.59 Å². The van der Waals surface area contributed by atoms with Crippen LogP contribution >= 0.6 is 11.3 Å². The zero-order valence-electron chi connectivity index (χ0n) is 14.7. The van der Waals surface area contributed by atoms with Gasteiger partial charge in [0.25, 0.3) is 11.8 Å². The molecular weight excluding hydrogens is 322 g/mol. The molecule has 0 radical (unpaired) electrons. The number of carbonyl (C=O) groups is 2. The molecule has 0 aliphatic carbocycles. The minimum Gasteiger partial charge on any atom is -0.347 e. The van der Waals surface area contributed by atoms with Crippen LogP contribution in [0.15, 0.2) is 30.5 Å². The lowest BCUT2D eigenvalue weighted by Crippen LogP contribution is -2.40. The summed E-state index contributed by atoms with van der Waals surface area (Å²) in [6, 6.07) is 6.74. The topological polar surface area (TPSA) is 62.3 Å². The fraction of sp³-hybridized carbons (Fsp3) is 0.389. The minimum absolute atomic E-state index is 0.0798. The normalized spacial score (nSPS) is 11.2. The van der Waals surface area contributed by atoms with E-state index in [0.29, 0.717) is 17.7 Å². The second-order valence-corrected chi connectivity index (χ2v) is 8.11. The zero-order chi connectivity index (χ0) is 17.9. The van der Waals surface area contributed by atoms with Crippen molar-refractivity contribution >= 4 is 23.2 Å². The summed E-state index contributed by atoms with van der Waals surface area (Å²) in [5.41, 5.74) is 0.812. The summed E-state index contributed by atoms with van der Waals surface area (Å²) in [7, 11) is 1.76. The largest absolute Gasteiger partial charge is 0.347 e. The van der Waals surface area contributed by atoms with Crippen LogP contribution in [-0.4, -0.2) is 34.3 Å². The van der Waals surface area contributed by atoms with Gasteiger partial charge in [-0.2, -0.15) is 0 Å². The van der Waals surface area contributed by atoms with Crippen LogP contribution in [0.25, 0.3) is 0 Å². The number of hydrogen-bond donors (Lipinski definition) is 1. The van der Waals surface area contributed by atoms with Gasteiger partial charge in [-0.05, 0) is 52.0 Å². The molecule has 1 heterocycles. The summed E-state index contributed by atoms with van der Waals surface area (Å²) in [4.78, 5) is 31.5. The number of nitrogens with one attached hydrogen (secondary N) is 1. The molecule has 2 amide bonds. The third-order valence-corrected chi connectivity index (χ3v) is 4.19. The molecule has 0 bridgehead atoms. The predicted molar refractivity (Wildman–Crippen MR) is 96.3 cm³/mol. The van der Waals surface area contributed by atoms with E-state index in [9.17, 15) is 9.59 Å². The van der Waals surface area contributed by atoms with E-state index in [4.69, 9.17) is 0 Å². The summed E-state index contributed by atoms with van der Waals surface area (Å²) in [5, 5.41) is 3.89. The molecule has 2 rings (SSSR count). The number of thiazole rings is 1. The summed E-state index contributed by atoms with van der Waals surface area (Å²) in [6.07, 6.45) is 1.80. The van der Waals surface area contributed by atoms with E-state index in [-0.39, 0.29) is 17.4 Å². The highest BCUT2D eigenvalue weighted by molar-refractivity contribution is 7.11. The van der Waals surface area contributed by atoms with Crippen molar-refractivity contribution in [2.75, 3.05) is 7.05 Å². The molecule has 24 heavy (non-hydrogen) atoms. The van der Waals surface area contributed by atoms with E-state index in [1.165, 1.54) is 0 Å². The predicted octanol–water partition coefficient (Wildman–Crippen LogP) is 3.25. The van der Waals surface area contributed by atoms with E-state index >= 15 is 0 Å². The zero-order valence-corrected chi connectivity index (χ0v) is 15.5. The summed E-state index contributed by atoms with van der Waals surface area (Å²) >= 11 is 1.58. The monoisotopic (exact) mass is 345 g/mol. The first-order valence-corrected chi connectivity index (χ1v) is 8.57. The molecule has 5 nitrogen and oxygen atoms in total. The van der Waals surface area contributed by atoms with Crippen molar-refractivity contribution in [2.45, 2.75) is 39.8 Å². The molecule has 1 aromatic carbocycles. The maximum Gasteiger partial charge on any atom is 0.253 e. The highest BCUT2D eigenvalue weighted by Crippen LogP contribution is 2.15. The van der Waals surface area contributed by atoms with Crippen molar-refractivity contribution in [2.24, 2.45) is 0 Å². The molecule has 1 aromatic heterocycles. The molecule has 0 fully saturated rings. The molecule has 0 spiro atoms. The second-order valence-electron chi connectivity index (χ2n) is 6.79. The Balaban J connectivity index is 2.04. The van der Waals surface area contributed by atoms with Crippen molar-refractivity contribution in [3.05, 3.63) is 51.5 Å². The average Bonchev–Trinajstić information content (AvgIpc) is 2.90. The van der Waals surface area contributed by atoms with Gasteiger partial charge in [-0.3, -0.25) is 9.59 Å². The van der Waals surface area contributed by atoms with Crippen molar-refractivity contribution in [3.63, 3.8) is 0 Å². The minimum atomic E-state index is -0.293. The second kappa shape index (κ2) is 7.13. The Hall–Kier alpha value is -2.21. The Morgan fingerprint density at radius 2 is 1.75 bits per heavy atom. The van der Waals surface area contributed by atoms with Crippen LogP contribution in [0.3, 0.4) is 0 Å². The van der Waals surface area contributed by atoms with Gasteiger partial charge in [0.05, 0.1) is 11.6 Å². The van der Waals surface area contributed by atoms with Crippen LogP contribution in [0.1, 0.15) is 51.4 Å². The lowest BCUT2D eigenvalue weighted by molar-refractivity contribution is 0.0785. The quantitative estimate of drug-likeness (QED) is 0.925. The molecule has 2 aromatic rings. The first-order valence-electron chi connectivity index (χ1n) is 7.75. The summed E-state index contributed by atoms with van der Waals surface area (Å²) in [6.45, 7) is 8.25. The maximum absolute atomic E-state index is 12.5. The van der Waals surface area contributed by atoms with Gasteiger partial charge in [-0.25, -0.2) is 4.98 Å². The average molecular weight is 345 g/mol. The number of rotatable bonds is 4. The lowest BCUT2D eigenvalue weighted by atomic mass is 10.1. The standard InChI is InChI=1S/C18H23N3O2S/c1-12-19-10-15(24-12)11-21(5)17(23)14-8-6-13(7-9-14)16(22)20-18(2,3)4/h6-10H,11H2,1-5H3,(H,20,22).